The molecule has 1 N–H and O–H groups in total. The van der Waals surface area contributed by atoms with E-state index >= 15 is 0 Å². The Balaban J connectivity index is 2.00. The Labute approximate surface area is 104 Å². The molecule has 1 aliphatic carbocycles. The summed E-state index contributed by atoms with van der Waals surface area (Å²) in [6.45, 7) is 0. The van der Waals surface area contributed by atoms with Crippen LogP contribution < -0.4 is 0 Å². The fourth-order valence-corrected chi connectivity index (χ4v) is 3.61. The van der Waals surface area contributed by atoms with E-state index in [0.717, 1.165) is 4.88 Å². The molecule has 1 aromatic carbocycles. The number of carbonyl (C=O) groups is 1. The average Bonchev–Trinajstić information content (AvgIpc) is 2.77. The molecule has 1 aliphatic rings. The van der Waals surface area contributed by atoms with Crippen LogP contribution in [0.1, 0.15) is 30.6 Å². The van der Waals surface area contributed by atoms with Gasteiger partial charge >= 0.3 is 0 Å². The number of carbonyl (C=O) groups excluding carboxylic acids is 1. The van der Waals surface area contributed by atoms with Crippen LogP contribution in [0.15, 0.2) is 30.3 Å². The summed E-state index contributed by atoms with van der Waals surface area (Å²) in [5.41, 5.74) is -0.780. The molecule has 0 saturated heterocycles. The third-order valence-corrected chi connectivity index (χ3v) is 4.83. The first kappa shape index (κ1) is 10.9. The van der Waals surface area contributed by atoms with Crippen molar-refractivity contribution in [1.29, 1.82) is 0 Å². The van der Waals surface area contributed by atoms with E-state index in [0.29, 0.717) is 25.7 Å². The van der Waals surface area contributed by atoms with E-state index in [-0.39, 0.29) is 5.78 Å². The van der Waals surface area contributed by atoms with Crippen LogP contribution in [0.25, 0.3) is 10.1 Å². The van der Waals surface area contributed by atoms with Crippen molar-refractivity contribution in [3.8, 4) is 0 Å². The standard InChI is InChI=1S/C14H14O2S/c15-11-5-7-14(16,8-6-11)13-9-10-3-1-2-4-12(10)17-13/h1-4,9,16H,5-8H2. The number of fused-ring (bicyclic) bond motifs is 1. The number of ketones is 1. The number of aliphatic hydroxyl groups is 1. The highest BCUT2D eigenvalue weighted by Gasteiger charge is 2.35. The molecule has 1 aromatic heterocycles. The summed E-state index contributed by atoms with van der Waals surface area (Å²) in [4.78, 5) is 12.3. The van der Waals surface area contributed by atoms with E-state index < -0.39 is 5.60 Å². The number of hydrogen-bond acceptors (Lipinski definition) is 3. The van der Waals surface area contributed by atoms with Gasteiger partial charge in [-0.2, -0.15) is 0 Å². The van der Waals surface area contributed by atoms with Gasteiger partial charge in [0.1, 0.15) is 5.78 Å². The molecular weight excluding hydrogens is 232 g/mol. The first-order valence-corrected chi connectivity index (χ1v) is 6.72. The summed E-state index contributed by atoms with van der Waals surface area (Å²) in [5, 5.41) is 11.8. The molecule has 0 aliphatic heterocycles. The quantitative estimate of drug-likeness (QED) is 0.838. The highest BCUT2D eigenvalue weighted by molar-refractivity contribution is 7.19. The number of rotatable bonds is 1. The van der Waals surface area contributed by atoms with Gasteiger partial charge in [0.2, 0.25) is 0 Å². The maximum atomic E-state index is 11.2. The second-order valence-corrected chi connectivity index (χ2v) is 5.80. The lowest BCUT2D eigenvalue weighted by atomic mass is 9.83. The van der Waals surface area contributed by atoms with E-state index in [1.54, 1.807) is 11.3 Å². The average molecular weight is 246 g/mol. The van der Waals surface area contributed by atoms with Gasteiger partial charge in [0.25, 0.3) is 0 Å². The summed E-state index contributed by atoms with van der Waals surface area (Å²) < 4.78 is 1.20. The normalized spacial score (nSPS) is 19.7. The lowest BCUT2D eigenvalue weighted by Gasteiger charge is -2.30. The molecule has 1 fully saturated rings. The van der Waals surface area contributed by atoms with Crippen LogP contribution >= 0.6 is 11.3 Å². The SMILES string of the molecule is O=C1CCC(O)(c2cc3ccccc3s2)CC1. The second kappa shape index (κ2) is 3.93. The molecule has 17 heavy (non-hydrogen) atoms. The van der Waals surface area contributed by atoms with Crippen molar-refractivity contribution >= 4 is 27.2 Å². The van der Waals surface area contributed by atoms with Crippen molar-refractivity contribution in [3.05, 3.63) is 35.2 Å². The Hall–Kier alpha value is -1.19. The molecule has 2 aromatic rings. The lowest BCUT2D eigenvalue weighted by Crippen LogP contribution is -2.30. The lowest BCUT2D eigenvalue weighted by molar-refractivity contribution is -0.125. The molecule has 3 rings (SSSR count). The van der Waals surface area contributed by atoms with E-state index in [2.05, 4.69) is 18.2 Å². The highest BCUT2D eigenvalue weighted by atomic mass is 32.1. The van der Waals surface area contributed by atoms with Crippen LogP contribution in [0, 0.1) is 0 Å². The molecule has 3 heteroatoms. The highest BCUT2D eigenvalue weighted by Crippen LogP contribution is 2.41. The Morgan fingerprint density at radius 2 is 1.88 bits per heavy atom. The van der Waals surface area contributed by atoms with Gasteiger partial charge in [-0.25, -0.2) is 0 Å². The van der Waals surface area contributed by atoms with Crippen LogP contribution in [-0.4, -0.2) is 10.9 Å². The summed E-state index contributed by atoms with van der Waals surface area (Å²) in [5.74, 6) is 0.274. The van der Waals surface area contributed by atoms with Crippen molar-refractivity contribution < 1.29 is 9.90 Å². The van der Waals surface area contributed by atoms with Crippen LogP contribution in [0.4, 0.5) is 0 Å². The topological polar surface area (TPSA) is 37.3 Å². The maximum absolute atomic E-state index is 11.2. The van der Waals surface area contributed by atoms with Crippen molar-refractivity contribution in [2.75, 3.05) is 0 Å². The largest absolute Gasteiger partial charge is 0.384 e. The zero-order valence-corrected chi connectivity index (χ0v) is 10.3. The molecule has 1 heterocycles. The molecular formula is C14H14O2S. The predicted molar refractivity (Wildman–Crippen MR) is 69.2 cm³/mol. The predicted octanol–water partition coefficient (Wildman–Crippen LogP) is 3.23. The van der Waals surface area contributed by atoms with Gasteiger partial charge in [-0.1, -0.05) is 18.2 Å². The third-order valence-electron chi connectivity index (χ3n) is 3.52. The Bertz CT molecular complexity index is 527. The minimum Gasteiger partial charge on any atom is -0.384 e. The molecule has 0 bridgehead atoms. The van der Waals surface area contributed by atoms with Gasteiger partial charge in [-0.05, 0) is 30.4 Å². The van der Waals surface area contributed by atoms with Crippen molar-refractivity contribution in [2.45, 2.75) is 31.3 Å². The van der Waals surface area contributed by atoms with Gasteiger partial charge < -0.3 is 5.11 Å². The van der Waals surface area contributed by atoms with Crippen molar-refractivity contribution in [2.24, 2.45) is 0 Å². The molecule has 0 spiro atoms. The second-order valence-electron chi connectivity index (χ2n) is 4.72. The van der Waals surface area contributed by atoms with Crippen LogP contribution in [-0.2, 0) is 10.4 Å². The summed E-state index contributed by atoms with van der Waals surface area (Å²) >= 11 is 1.64. The van der Waals surface area contributed by atoms with Gasteiger partial charge in [-0.15, -0.1) is 11.3 Å². The maximum Gasteiger partial charge on any atom is 0.133 e. The number of Topliss-reactive ketones (excluding diaryl/α,β-unsaturated/α-hetero) is 1. The minimum atomic E-state index is -0.780. The Morgan fingerprint density at radius 3 is 2.59 bits per heavy atom. The monoisotopic (exact) mass is 246 g/mol. The fraction of sp³-hybridized carbons (Fsp3) is 0.357. The first-order valence-electron chi connectivity index (χ1n) is 5.90. The molecule has 1 saturated carbocycles. The van der Waals surface area contributed by atoms with E-state index in [9.17, 15) is 9.90 Å². The van der Waals surface area contributed by atoms with E-state index in [1.807, 2.05) is 12.1 Å². The van der Waals surface area contributed by atoms with Gasteiger partial charge in [-0.3, -0.25) is 4.79 Å². The number of benzene rings is 1. The van der Waals surface area contributed by atoms with E-state index in [1.165, 1.54) is 10.1 Å². The molecule has 0 unspecified atom stereocenters. The molecule has 88 valence electrons. The van der Waals surface area contributed by atoms with Crippen molar-refractivity contribution in [1.82, 2.24) is 0 Å². The summed E-state index contributed by atoms with van der Waals surface area (Å²) in [7, 11) is 0. The molecule has 2 nitrogen and oxygen atoms in total. The van der Waals surface area contributed by atoms with E-state index in [4.69, 9.17) is 0 Å². The molecule has 0 radical (unpaired) electrons. The Kier molecular flexibility index (Phi) is 2.53. The van der Waals surface area contributed by atoms with Gasteiger partial charge in [0.15, 0.2) is 0 Å². The first-order chi connectivity index (χ1) is 8.17. The number of hydrogen-bond donors (Lipinski definition) is 1. The summed E-state index contributed by atoms with van der Waals surface area (Å²) in [6, 6.07) is 10.2. The minimum absolute atomic E-state index is 0.274. The zero-order valence-electron chi connectivity index (χ0n) is 9.48. The smallest absolute Gasteiger partial charge is 0.133 e. The van der Waals surface area contributed by atoms with Gasteiger partial charge in [0.05, 0.1) is 5.60 Å². The molecule has 0 atom stereocenters. The summed E-state index contributed by atoms with van der Waals surface area (Å²) in [6.07, 6.45) is 2.15. The Morgan fingerprint density at radius 1 is 1.18 bits per heavy atom. The van der Waals surface area contributed by atoms with Gasteiger partial charge in [0, 0.05) is 22.4 Å². The van der Waals surface area contributed by atoms with Crippen molar-refractivity contribution in [3.63, 3.8) is 0 Å². The zero-order chi connectivity index (χ0) is 11.9. The third kappa shape index (κ3) is 1.90. The van der Waals surface area contributed by atoms with Crippen LogP contribution in [0.5, 0.6) is 0 Å². The molecule has 0 amide bonds. The van der Waals surface area contributed by atoms with Crippen LogP contribution in [0.2, 0.25) is 0 Å². The van der Waals surface area contributed by atoms with Crippen LogP contribution in [0.3, 0.4) is 0 Å². The fourth-order valence-electron chi connectivity index (χ4n) is 2.40. The number of thiophene rings is 1.